The van der Waals surface area contributed by atoms with Crippen molar-refractivity contribution in [3.8, 4) is 17.2 Å². The Balaban J connectivity index is 1.99. The van der Waals surface area contributed by atoms with Crippen LogP contribution in [0.3, 0.4) is 0 Å². The summed E-state index contributed by atoms with van der Waals surface area (Å²) in [6, 6.07) is 8.22. The highest BCUT2D eigenvalue weighted by molar-refractivity contribution is 5.98. The maximum absolute atomic E-state index is 14.8. The number of rotatable bonds is 2. The average Bonchev–Trinajstić information content (AvgIpc) is 3.03. The normalized spacial score (nSPS) is 19.7. The van der Waals surface area contributed by atoms with Gasteiger partial charge in [0, 0.05) is 28.7 Å². The van der Waals surface area contributed by atoms with E-state index in [-0.39, 0.29) is 23.4 Å². The van der Waals surface area contributed by atoms with Crippen LogP contribution in [0.1, 0.15) is 42.9 Å². The Hall–Kier alpha value is -2.91. The van der Waals surface area contributed by atoms with E-state index in [1.54, 1.807) is 12.3 Å². The molecular weight excluding hydrogens is 360 g/mol. The number of nitrogens with zero attached hydrogens (tertiary/aromatic N) is 2. The molecule has 1 aliphatic carbocycles. The molecule has 1 aliphatic rings. The Morgan fingerprint density at radius 2 is 1.89 bits per heavy atom. The number of nitrogens with two attached hydrogens (primary N) is 1. The molecule has 3 N–H and O–H groups in total. The monoisotopic (exact) mass is 381 g/mol. The van der Waals surface area contributed by atoms with Gasteiger partial charge in [0.2, 0.25) is 0 Å². The van der Waals surface area contributed by atoms with Crippen molar-refractivity contribution in [2.24, 2.45) is 0 Å². The molecule has 1 aromatic heterocycles. The topological polar surface area (TPSA) is 75.0 Å². The van der Waals surface area contributed by atoms with Crippen LogP contribution in [0.4, 0.5) is 14.5 Å². The van der Waals surface area contributed by atoms with Crippen molar-refractivity contribution in [2.45, 2.75) is 44.8 Å². The largest absolute Gasteiger partial charge is 0.396 e. The van der Waals surface area contributed by atoms with Gasteiger partial charge in [-0.1, -0.05) is 0 Å². The lowest BCUT2D eigenvalue weighted by molar-refractivity contribution is 0.111. The molecule has 144 valence electrons. The second-order valence-electron chi connectivity index (χ2n) is 7.53. The number of fused-ring (bicyclic) bond motifs is 1. The minimum absolute atomic E-state index is 0.120. The third-order valence-corrected chi connectivity index (χ3v) is 5.75. The summed E-state index contributed by atoms with van der Waals surface area (Å²) in [5, 5.41) is 19.9. The number of nitrogen functional groups attached to an aromatic ring is 1. The number of benzene rings is 2. The van der Waals surface area contributed by atoms with Gasteiger partial charge in [0.15, 0.2) is 5.82 Å². The summed E-state index contributed by atoms with van der Waals surface area (Å²) in [5.74, 6) is -1.49. The van der Waals surface area contributed by atoms with E-state index < -0.39 is 11.6 Å². The van der Waals surface area contributed by atoms with E-state index in [4.69, 9.17) is 5.73 Å². The molecule has 1 saturated carbocycles. The van der Waals surface area contributed by atoms with Crippen LogP contribution in [0, 0.1) is 29.9 Å². The Kier molecular flexibility index (Phi) is 4.56. The number of anilines is 1. The van der Waals surface area contributed by atoms with E-state index in [0.717, 1.165) is 30.0 Å². The first kappa shape index (κ1) is 18.5. The van der Waals surface area contributed by atoms with E-state index >= 15 is 0 Å². The minimum Gasteiger partial charge on any atom is -0.396 e. The van der Waals surface area contributed by atoms with Gasteiger partial charge in [0.05, 0.1) is 29.0 Å². The quantitative estimate of drug-likeness (QED) is 0.625. The van der Waals surface area contributed by atoms with Crippen LogP contribution < -0.4 is 5.73 Å². The molecule has 4 nitrogen and oxygen atoms in total. The molecule has 0 atom stereocenters. The molecule has 0 aliphatic heterocycles. The highest BCUT2D eigenvalue weighted by atomic mass is 19.1. The van der Waals surface area contributed by atoms with Gasteiger partial charge in [0.1, 0.15) is 5.82 Å². The predicted molar refractivity (Wildman–Crippen MR) is 105 cm³/mol. The number of aliphatic hydroxyl groups excluding tert-OH is 1. The Morgan fingerprint density at radius 1 is 1.18 bits per heavy atom. The summed E-state index contributed by atoms with van der Waals surface area (Å²) in [6.07, 6.45) is 4.41. The molecule has 0 bridgehead atoms. The van der Waals surface area contributed by atoms with Crippen molar-refractivity contribution in [1.29, 1.82) is 5.26 Å². The molecule has 28 heavy (non-hydrogen) atoms. The lowest BCUT2D eigenvalue weighted by Gasteiger charge is -2.27. The number of hydrogen-bond donors (Lipinski definition) is 2. The average molecular weight is 381 g/mol. The molecule has 2 aromatic carbocycles. The zero-order valence-corrected chi connectivity index (χ0v) is 15.5. The molecule has 4 rings (SSSR count). The summed E-state index contributed by atoms with van der Waals surface area (Å²) in [5.41, 5.74) is 7.89. The van der Waals surface area contributed by atoms with E-state index in [1.165, 1.54) is 6.07 Å². The van der Waals surface area contributed by atoms with Crippen molar-refractivity contribution < 1.29 is 13.9 Å². The fourth-order valence-corrected chi connectivity index (χ4v) is 4.17. The molecule has 0 spiro atoms. The summed E-state index contributed by atoms with van der Waals surface area (Å²) in [4.78, 5) is 0. The number of hydrogen-bond acceptors (Lipinski definition) is 3. The van der Waals surface area contributed by atoms with Crippen LogP contribution in [-0.2, 0) is 0 Å². The molecule has 0 unspecified atom stereocenters. The van der Waals surface area contributed by atoms with Crippen molar-refractivity contribution in [3.63, 3.8) is 0 Å². The number of halogens is 2. The maximum atomic E-state index is 14.8. The van der Waals surface area contributed by atoms with E-state index in [1.807, 2.05) is 17.6 Å². The van der Waals surface area contributed by atoms with Crippen LogP contribution in [-0.4, -0.2) is 15.8 Å². The first-order valence-corrected chi connectivity index (χ1v) is 9.38. The van der Waals surface area contributed by atoms with Gasteiger partial charge in [-0.2, -0.15) is 5.26 Å². The van der Waals surface area contributed by atoms with Crippen molar-refractivity contribution in [3.05, 3.63) is 53.2 Å². The van der Waals surface area contributed by atoms with Gasteiger partial charge >= 0.3 is 0 Å². The third kappa shape index (κ3) is 2.92. The van der Waals surface area contributed by atoms with Gasteiger partial charge in [-0.05, 0) is 62.4 Å². The SMILES string of the molecule is Cc1cc2c(cc1C#N)c(-c1c(F)ccc(N)c1F)cn2C1CCC(O)CC1. The number of aryl methyl sites for hydroxylation is 1. The highest BCUT2D eigenvalue weighted by Crippen LogP contribution is 2.40. The zero-order valence-electron chi connectivity index (χ0n) is 15.5. The molecule has 6 heteroatoms. The van der Waals surface area contributed by atoms with E-state index in [2.05, 4.69) is 6.07 Å². The number of aromatic nitrogens is 1. The molecular formula is C22H21F2N3O. The van der Waals surface area contributed by atoms with Crippen LogP contribution >= 0.6 is 0 Å². The Morgan fingerprint density at radius 3 is 2.57 bits per heavy atom. The molecule has 3 aromatic rings. The molecule has 0 saturated heterocycles. The van der Waals surface area contributed by atoms with Gasteiger partial charge < -0.3 is 15.4 Å². The van der Waals surface area contributed by atoms with E-state index in [9.17, 15) is 19.1 Å². The standard InChI is InChI=1S/C22H21F2N3O/c1-12-8-20-16(9-13(12)10-25)17(21-18(23)6-7-19(26)22(21)24)11-27(20)14-2-4-15(28)5-3-14/h6-9,11,14-15,28H,2-5,26H2,1H3. The highest BCUT2D eigenvalue weighted by Gasteiger charge is 2.26. The smallest absolute Gasteiger partial charge is 0.156 e. The number of nitriles is 1. The summed E-state index contributed by atoms with van der Waals surface area (Å²) in [7, 11) is 0. The van der Waals surface area contributed by atoms with Crippen molar-refractivity contribution >= 4 is 16.6 Å². The fraction of sp³-hybridized carbons (Fsp3) is 0.318. The molecule has 1 fully saturated rings. The molecule has 0 amide bonds. The second-order valence-corrected chi connectivity index (χ2v) is 7.53. The zero-order chi connectivity index (χ0) is 20.0. The summed E-state index contributed by atoms with van der Waals surface area (Å²) in [6.45, 7) is 1.85. The van der Waals surface area contributed by atoms with Crippen molar-refractivity contribution in [2.75, 3.05) is 5.73 Å². The maximum Gasteiger partial charge on any atom is 0.156 e. The Bertz CT molecular complexity index is 1110. The first-order chi connectivity index (χ1) is 13.4. The predicted octanol–water partition coefficient (Wildman–Crippen LogP) is 4.82. The number of aliphatic hydroxyl groups is 1. The lowest BCUT2D eigenvalue weighted by atomic mass is 9.93. The van der Waals surface area contributed by atoms with Gasteiger partial charge in [-0.3, -0.25) is 0 Å². The van der Waals surface area contributed by atoms with Gasteiger partial charge in [0.25, 0.3) is 0 Å². The minimum atomic E-state index is -0.794. The Labute approximate surface area is 161 Å². The van der Waals surface area contributed by atoms with Crippen LogP contribution in [0.15, 0.2) is 30.5 Å². The van der Waals surface area contributed by atoms with Gasteiger partial charge in [-0.15, -0.1) is 0 Å². The van der Waals surface area contributed by atoms with Gasteiger partial charge in [-0.25, -0.2) is 8.78 Å². The van der Waals surface area contributed by atoms with Crippen LogP contribution in [0.5, 0.6) is 0 Å². The molecule has 1 heterocycles. The summed E-state index contributed by atoms with van der Waals surface area (Å²) < 4.78 is 31.4. The van der Waals surface area contributed by atoms with Crippen LogP contribution in [0.2, 0.25) is 0 Å². The lowest BCUT2D eigenvalue weighted by Crippen LogP contribution is -2.20. The van der Waals surface area contributed by atoms with Crippen LogP contribution in [0.25, 0.3) is 22.0 Å². The fourth-order valence-electron chi connectivity index (χ4n) is 4.17. The van der Waals surface area contributed by atoms with Crippen molar-refractivity contribution in [1.82, 2.24) is 4.57 Å². The van der Waals surface area contributed by atoms with E-state index in [0.29, 0.717) is 29.4 Å². The summed E-state index contributed by atoms with van der Waals surface area (Å²) >= 11 is 0. The third-order valence-electron chi connectivity index (χ3n) is 5.75. The first-order valence-electron chi connectivity index (χ1n) is 9.38. The second kappa shape index (κ2) is 6.92. The molecule has 0 radical (unpaired) electrons.